The van der Waals surface area contributed by atoms with E-state index in [-0.39, 0.29) is 12.2 Å². The van der Waals surface area contributed by atoms with E-state index in [1.165, 1.54) is 6.07 Å². The third-order valence-corrected chi connectivity index (χ3v) is 2.08. The highest BCUT2D eigenvalue weighted by Gasteiger charge is 2.19. The van der Waals surface area contributed by atoms with Gasteiger partial charge in [0.25, 0.3) is 12.2 Å². The van der Waals surface area contributed by atoms with E-state index in [1.54, 1.807) is 19.1 Å². The lowest BCUT2D eigenvalue weighted by atomic mass is 10.1. The molecule has 1 rings (SSSR count). The van der Waals surface area contributed by atoms with E-state index in [2.05, 4.69) is 4.74 Å². The molecule has 0 aliphatic heterocycles. The van der Waals surface area contributed by atoms with Crippen LogP contribution in [0.4, 0.5) is 5.69 Å². The molecule has 5 nitrogen and oxygen atoms in total. The van der Waals surface area contributed by atoms with Gasteiger partial charge in [-0.15, -0.1) is 0 Å². The van der Waals surface area contributed by atoms with Crippen molar-refractivity contribution < 1.29 is 14.5 Å². The lowest BCUT2D eigenvalue weighted by molar-refractivity contribution is -0.386. The van der Waals surface area contributed by atoms with Gasteiger partial charge in [0.15, 0.2) is 0 Å². The Morgan fingerprint density at radius 1 is 1.14 bits per heavy atom. The number of nitrogens with zero attached hydrogens (tertiary/aromatic N) is 1. The number of nitro benzene ring substituents is 1. The van der Waals surface area contributed by atoms with Crippen LogP contribution >= 0.6 is 0 Å². The molecule has 1 aromatic carbocycles. The maximum absolute atomic E-state index is 10.7. The highest BCUT2D eigenvalue weighted by molar-refractivity contribution is 5.46. The molecule has 1 aromatic rings. The lowest BCUT2D eigenvalue weighted by Crippen LogP contribution is -2.03. The van der Waals surface area contributed by atoms with Gasteiger partial charge in [-0.3, -0.25) is 14.9 Å². The van der Waals surface area contributed by atoms with Gasteiger partial charge in [-0.2, -0.15) is 0 Å². The van der Waals surface area contributed by atoms with E-state index < -0.39 is 11.0 Å². The van der Waals surface area contributed by atoms with Crippen LogP contribution in [0.15, 0.2) is 18.2 Å². The van der Waals surface area contributed by atoms with Gasteiger partial charge in [-0.05, 0) is 19.9 Å². The summed E-state index contributed by atoms with van der Waals surface area (Å²) in [7, 11) is 0. The van der Waals surface area contributed by atoms with Gasteiger partial charge in [-0.25, -0.2) is 0 Å². The quantitative estimate of drug-likeness (QED) is 0.434. The van der Waals surface area contributed by atoms with E-state index >= 15 is 0 Å². The molecular formula is C16H29NO4. The number of benzene rings is 1. The van der Waals surface area contributed by atoms with Crippen molar-refractivity contribution in [1.29, 1.82) is 0 Å². The van der Waals surface area contributed by atoms with Crippen molar-refractivity contribution >= 4 is 12.2 Å². The molecule has 0 aliphatic rings. The zero-order valence-electron chi connectivity index (χ0n) is 14.5. The second-order valence-corrected chi connectivity index (χ2v) is 3.19. The molecule has 0 spiro atoms. The minimum atomic E-state index is -0.609. The average Bonchev–Trinajstić information content (AvgIpc) is 2.53. The first-order valence-corrected chi connectivity index (χ1v) is 7.40. The first-order valence-electron chi connectivity index (χ1n) is 7.40. The molecule has 0 amide bonds. The van der Waals surface area contributed by atoms with Crippen LogP contribution in [0.5, 0.6) is 0 Å². The lowest BCUT2D eigenvalue weighted by Gasteiger charge is -2.10. The standard InChI is InChI=1S/C10H11NO4.3C2H6/c1-7-3-4-10(11(13)14)9(5-7)8(2)15-6-12;3*1-2/h3-6,8H,1-2H3;3*1-2H3. The van der Waals surface area contributed by atoms with Gasteiger partial charge in [0.05, 0.1) is 10.5 Å². The van der Waals surface area contributed by atoms with Crippen molar-refractivity contribution in [3.05, 3.63) is 39.4 Å². The number of ether oxygens (including phenoxy) is 1. The molecule has 0 heterocycles. The molecule has 0 aromatic heterocycles. The monoisotopic (exact) mass is 299 g/mol. The molecule has 0 saturated carbocycles. The van der Waals surface area contributed by atoms with Gasteiger partial charge in [0, 0.05) is 6.07 Å². The van der Waals surface area contributed by atoms with Crippen molar-refractivity contribution in [2.45, 2.75) is 61.5 Å². The number of rotatable bonds is 4. The molecule has 1 unspecified atom stereocenters. The molecule has 1 atom stereocenters. The van der Waals surface area contributed by atoms with Gasteiger partial charge in [0.2, 0.25) is 0 Å². The number of hydrogen-bond donors (Lipinski definition) is 0. The van der Waals surface area contributed by atoms with Crippen LogP contribution in [0.25, 0.3) is 0 Å². The first-order chi connectivity index (χ1) is 10.1. The van der Waals surface area contributed by atoms with E-state index in [9.17, 15) is 14.9 Å². The number of carbonyl (C=O) groups is 1. The van der Waals surface area contributed by atoms with Crippen LogP contribution in [0.2, 0.25) is 0 Å². The predicted octanol–water partition coefficient (Wildman–Crippen LogP) is 5.22. The summed E-state index contributed by atoms with van der Waals surface area (Å²) in [6.45, 7) is 15.7. The number of nitro groups is 1. The van der Waals surface area contributed by atoms with Crippen molar-refractivity contribution in [2.24, 2.45) is 0 Å². The van der Waals surface area contributed by atoms with Crippen molar-refractivity contribution in [3.8, 4) is 0 Å². The Morgan fingerprint density at radius 3 is 2.00 bits per heavy atom. The van der Waals surface area contributed by atoms with E-state index in [0.29, 0.717) is 5.56 Å². The third kappa shape index (κ3) is 9.60. The first kappa shape index (κ1) is 24.1. The second-order valence-electron chi connectivity index (χ2n) is 3.19. The highest BCUT2D eigenvalue weighted by atomic mass is 16.6. The van der Waals surface area contributed by atoms with Gasteiger partial charge >= 0.3 is 0 Å². The Bertz CT molecular complexity index is 392. The molecule has 0 radical (unpaired) electrons. The summed E-state index contributed by atoms with van der Waals surface area (Å²) in [6, 6.07) is 4.71. The largest absolute Gasteiger partial charge is 0.460 e. The zero-order valence-corrected chi connectivity index (χ0v) is 14.5. The summed E-state index contributed by atoms with van der Waals surface area (Å²) >= 11 is 0. The van der Waals surface area contributed by atoms with E-state index in [4.69, 9.17) is 0 Å². The number of carbonyl (C=O) groups excluding carboxylic acids is 1. The molecule has 0 bridgehead atoms. The van der Waals surface area contributed by atoms with Crippen LogP contribution in [0.3, 0.4) is 0 Å². The Labute approximate surface area is 128 Å². The number of aryl methyl sites for hydroxylation is 1. The molecule has 21 heavy (non-hydrogen) atoms. The Balaban J connectivity index is -0.000000478. The smallest absolute Gasteiger partial charge is 0.293 e. The molecule has 0 aliphatic carbocycles. The zero-order chi connectivity index (χ0) is 17.4. The summed E-state index contributed by atoms with van der Waals surface area (Å²) < 4.78 is 4.69. The molecule has 5 heteroatoms. The number of hydrogen-bond acceptors (Lipinski definition) is 4. The summed E-state index contributed by atoms with van der Waals surface area (Å²) in [5.74, 6) is 0. The summed E-state index contributed by atoms with van der Waals surface area (Å²) in [6.07, 6.45) is -0.609. The fraction of sp³-hybridized carbons (Fsp3) is 0.562. The summed E-state index contributed by atoms with van der Waals surface area (Å²) in [5, 5.41) is 10.7. The summed E-state index contributed by atoms with van der Waals surface area (Å²) in [5.41, 5.74) is 1.26. The molecule has 122 valence electrons. The SMILES string of the molecule is CC.CC.CC.Cc1ccc([N+](=O)[O-])c(C(C)OC=O)c1. The van der Waals surface area contributed by atoms with Crippen LogP contribution in [-0.2, 0) is 9.53 Å². The van der Waals surface area contributed by atoms with Gasteiger partial charge in [-0.1, -0.05) is 53.2 Å². The average molecular weight is 299 g/mol. The van der Waals surface area contributed by atoms with Crippen molar-refractivity contribution in [2.75, 3.05) is 0 Å². The van der Waals surface area contributed by atoms with Crippen LogP contribution in [0.1, 0.15) is 65.7 Å². The maximum Gasteiger partial charge on any atom is 0.293 e. The predicted molar refractivity (Wildman–Crippen MR) is 87.4 cm³/mol. The highest BCUT2D eigenvalue weighted by Crippen LogP contribution is 2.27. The minimum absolute atomic E-state index is 0.0325. The Hall–Kier alpha value is -1.91. The fourth-order valence-electron chi connectivity index (χ4n) is 1.32. The molecule has 0 N–H and O–H groups in total. The molecule has 0 fully saturated rings. The van der Waals surface area contributed by atoms with Crippen LogP contribution in [-0.4, -0.2) is 11.4 Å². The van der Waals surface area contributed by atoms with E-state index in [1.807, 2.05) is 48.5 Å². The van der Waals surface area contributed by atoms with E-state index in [0.717, 1.165) is 5.56 Å². The Morgan fingerprint density at radius 2 is 1.62 bits per heavy atom. The van der Waals surface area contributed by atoms with Crippen molar-refractivity contribution in [1.82, 2.24) is 0 Å². The van der Waals surface area contributed by atoms with Crippen LogP contribution in [0, 0.1) is 17.0 Å². The second kappa shape index (κ2) is 16.1. The van der Waals surface area contributed by atoms with Gasteiger partial charge < -0.3 is 4.74 Å². The summed E-state index contributed by atoms with van der Waals surface area (Å²) in [4.78, 5) is 20.4. The normalized spacial score (nSPS) is 9.33. The Kier molecular flexibility index (Phi) is 18.6. The topological polar surface area (TPSA) is 69.4 Å². The fourth-order valence-corrected chi connectivity index (χ4v) is 1.32. The van der Waals surface area contributed by atoms with Gasteiger partial charge in [0.1, 0.15) is 6.10 Å². The minimum Gasteiger partial charge on any atom is -0.460 e. The molecule has 0 saturated heterocycles. The molecular weight excluding hydrogens is 270 g/mol. The van der Waals surface area contributed by atoms with Crippen LogP contribution < -0.4 is 0 Å². The van der Waals surface area contributed by atoms with Crippen molar-refractivity contribution in [3.63, 3.8) is 0 Å². The third-order valence-electron chi connectivity index (χ3n) is 2.08. The maximum atomic E-state index is 10.7.